The van der Waals surface area contributed by atoms with Crippen molar-refractivity contribution in [3.05, 3.63) is 38.9 Å². The molecule has 17 heavy (non-hydrogen) atoms. The number of hydrogen-bond donors (Lipinski definition) is 1. The van der Waals surface area contributed by atoms with Gasteiger partial charge in [-0.05, 0) is 40.8 Å². The Morgan fingerprint density at radius 1 is 1.53 bits per heavy atom. The summed E-state index contributed by atoms with van der Waals surface area (Å²) in [6, 6.07) is 7.91. The van der Waals surface area contributed by atoms with Crippen LogP contribution >= 0.6 is 33.9 Å². The van der Waals surface area contributed by atoms with Gasteiger partial charge >= 0.3 is 5.97 Å². The molecule has 6 heteroatoms. The van der Waals surface area contributed by atoms with Crippen molar-refractivity contribution in [3.8, 4) is 0 Å². The minimum absolute atomic E-state index is 0.325. The van der Waals surface area contributed by atoms with Crippen molar-refractivity contribution in [2.45, 2.75) is 0 Å². The quantitative estimate of drug-likeness (QED) is 0.674. The highest BCUT2D eigenvalue weighted by Gasteiger charge is 2.10. The third kappa shape index (κ3) is 3.16. The number of carbonyl (C=O) groups excluding carboxylic acids is 1. The van der Waals surface area contributed by atoms with Gasteiger partial charge < -0.3 is 10.1 Å². The van der Waals surface area contributed by atoms with Crippen LogP contribution in [0.15, 0.2) is 29.6 Å². The molecule has 2 aromatic rings. The summed E-state index contributed by atoms with van der Waals surface area (Å²) in [6.07, 6.45) is 0. The maximum Gasteiger partial charge on any atom is 0.357 e. The number of halogens is 1. The Bertz CT molecular complexity index is 542. The van der Waals surface area contributed by atoms with Crippen LogP contribution in [0.1, 0.15) is 10.5 Å². The molecule has 0 spiro atoms. The van der Waals surface area contributed by atoms with Crippen molar-refractivity contribution in [2.24, 2.45) is 0 Å². The molecule has 1 N–H and O–H groups in total. The molecule has 4 nitrogen and oxygen atoms in total. The zero-order chi connectivity index (χ0) is 12.3. The SMILES string of the molecule is COC(=O)c1csc(Nc2cccc(I)c2)n1. The van der Waals surface area contributed by atoms with Gasteiger partial charge in [-0.15, -0.1) is 11.3 Å². The van der Waals surface area contributed by atoms with Gasteiger partial charge in [0.05, 0.1) is 7.11 Å². The lowest BCUT2D eigenvalue weighted by Gasteiger charge is -2.02. The predicted octanol–water partition coefficient (Wildman–Crippen LogP) is 3.28. The number of nitrogens with zero attached hydrogens (tertiary/aromatic N) is 1. The van der Waals surface area contributed by atoms with Crippen LogP contribution in [0.2, 0.25) is 0 Å². The zero-order valence-electron chi connectivity index (χ0n) is 8.94. The number of aromatic nitrogens is 1. The molecule has 0 radical (unpaired) electrons. The second kappa shape index (κ2) is 5.46. The summed E-state index contributed by atoms with van der Waals surface area (Å²) in [4.78, 5) is 15.4. The largest absolute Gasteiger partial charge is 0.464 e. The lowest BCUT2D eigenvalue weighted by atomic mass is 10.3. The average molecular weight is 360 g/mol. The van der Waals surface area contributed by atoms with E-state index in [4.69, 9.17) is 0 Å². The number of hydrogen-bond acceptors (Lipinski definition) is 5. The van der Waals surface area contributed by atoms with E-state index in [1.165, 1.54) is 18.4 Å². The Balaban J connectivity index is 2.14. The van der Waals surface area contributed by atoms with Gasteiger partial charge in [0.25, 0.3) is 0 Å². The molecular formula is C11H9IN2O2S. The molecule has 0 amide bonds. The van der Waals surface area contributed by atoms with Crippen LogP contribution in [-0.2, 0) is 4.74 Å². The molecule has 1 aromatic heterocycles. The van der Waals surface area contributed by atoms with E-state index in [9.17, 15) is 4.79 Å². The summed E-state index contributed by atoms with van der Waals surface area (Å²) >= 11 is 3.61. The first-order chi connectivity index (χ1) is 8.19. The standard InChI is InChI=1S/C11H9IN2O2S/c1-16-10(15)9-6-17-11(14-9)13-8-4-2-3-7(12)5-8/h2-6H,1H3,(H,13,14). The zero-order valence-corrected chi connectivity index (χ0v) is 11.9. The number of thiazole rings is 1. The Morgan fingerprint density at radius 3 is 3.06 bits per heavy atom. The van der Waals surface area contributed by atoms with E-state index in [0.29, 0.717) is 10.8 Å². The van der Waals surface area contributed by atoms with Gasteiger partial charge in [0.1, 0.15) is 0 Å². The van der Waals surface area contributed by atoms with Gasteiger partial charge in [-0.1, -0.05) is 6.07 Å². The number of benzene rings is 1. The molecule has 0 aliphatic heterocycles. The average Bonchev–Trinajstić information content (AvgIpc) is 2.76. The van der Waals surface area contributed by atoms with Crippen molar-refractivity contribution < 1.29 is 9.53 Å². The van der Waals surface area contributed by atoms with Crippen LogP contribution in [0.5, 0.6) is 0 Å². The molecule has 0 aliphatic rings. The molecule has 0 fully saturated rings. The highest BCUT2D eigenvalue weighted by Crippen LogP contribution is 2.22. The lowest BCUT2D eigenvalue weighted by molar-refractivity contribution is 0.0595. The maximum absolute atomic E-state index is 11.2. The number of anilines is 2. The second-order valence-corrected chi connectivity index (χ2v) is 5.27. The first kappa shape index (κ1) is 12.3. The van der Waals surface area contributed by atoms with Crippen molar-refractivity contribution in [2.75, 3.05) is 12.4 Å². The summed E-state index contributed by atoms with van der Waals surface area (Å²) in [5, 5.41) is 5.48. The van der Waals surface area contributed by atoms with Crippen LogP contribution < -0.4 is 5.32 Å². The van der Waals surface area contributed by atoms with Crippen LogP contribution in [0.25, 0.3) is 0 Å². The number of ether oxygens (including phenoxy) is 1. The fourth-order valence-electron chi connectivity index (χ4n) is 1.22. The number of nitrogens with one attached hydrogen (secondary N) is 1. The second-order valence-electron chi connectivity index (χ2n) is 3.16. The first-order valence-corrected chi connectivity index (χ1v) is 6.71. The number of carbonyl (C=O) groups is 1. The van der Waals surface area contributed by atoms with Gasteiger partial charge in [-0.2, -0.15) is 0 Å². The maximum atomic E-state index is 11.2. The van der Waals surface area contributed by atoms with Crippen molar-refractivity contribution in [1.29, 1.82) is 0 Å². The van der Waals surface area contributed by atoms with Crippen LogP contribution in [-0.4, -0.2) is 18.1 Å². The summed E-state index contributed by atoms with van der Waals surface area (Å²) in [7, 11) is 1.34. The number of rotatable bonds is 3. The minimum atomic E-state index is -0.419. The van der Waals surface area contributed by atoms with E-state index in [0.717, 1.165) is 9.26 Å². The molecular weight excluding hydrogens is 351 g/mol. The molecule has 0 atom stereocenters. The molecule has 0 unspecified atom stereocenters. The molecule has 0 bridgehead atoms. The Hall–Kier alpha value is -1.15. The summed E-state index contributed by atoms with van der Waals surface area (Å²) < 4.78 is 5.73. The molecule has 0 saturated carbocycles. The van der Waals surface area contributed by atoms with E-state index < -0.39 is 5.97 Å². The minimum Gasteiger partial charge on any atom is -0.464 e. The van der Waals surface area contributed by atoms with Crippen molar-refractivity contribution in [1.82, 2.24) is 4.98 Å². The number of esters is 1. The number of methoxy groups -OCH3 is 1. The van der Waals surface area contributed by atoms with Gasteiger partial charge in [0.15, 0.2) is 10.8 Å². The van der Waals surface area contributed by atoms with Gasteiger partial charge in [-0.25, -0.2) is 9.78 Å². The van der Waals surface area contributed by atoms with Crippen LogP contribution in [0, 0.1) is 3.57 Å². The molecule has 0 aliphatic carbocycles. The Kier molecular flexibility index (Phi) is 3.95. The van der Waals surface area contributed by atoms with E-state index in [-0.39, 0.29) is 0 Å². The highest BCUT2D eigenvalue weighted by atomic mass is 127. The third-order valence-electron chi connectivity index (χ3n) is 1.97. The van der Waals surface area contributed by atoms with Crippen molar-refractivity contribution >= 4 is 50.7 Å². The molecule has 88 valence electrons. The third-order valence-corrected chi connectivity index (χ3v) is 3.40. The van der Waals surface area contributed by atoms with Gasteiger partial charge in [0.2, 0.25) is 0 Å². The Morgan fingerprint density at radius 2 is 2.35 bits per heavy atom. The predicted molar refractivity (Wildman–Crippen MR) is 75.9 cm³/mol. The summed E-state index contributed by atoms with van der Waals surface area (Å²) in [5.41, 5.74) is 1.27. The Labute approximate surface area is 116 Å². The first-order valence-electron chi connectivity index (χ1n) is 4.75. The van der Waals surface area contributed by atoms with E-state index in [1.807, 2.05) is 24.3 Å². The van der Waals surface area contributed by atoms with E-state index in [1.54, 1.807) is 5.38 Å². The summed E-state index contributed by atoms with van der Waals surface area (Å²) in [6.45, 7) is 0. The van der Waals surface area contributed by atoms with E-state index in [2.05, 4.69) is 37.6 Å². The molecule has 0 saturated heterocycles. The van der Waals surface area contributed by atoms with Crippen LogP contribution in [0.3, 0.4) is 0 Å². The van der Waals surface area contributed by atoms with Crippen LogP contribution in [0.4, 0.5) is 10.8 Å². The van der Waals surface area contributed by atoms with Crippen molar-refractivity contribution in [3.63, 3.8) is 0 Å². The fraction of sp³-hybridized carbons (Fsp3) is 0.0909. The normalized spacial score (nSPS) is 10.0. The highest BCUT2D eigenvalue weighted by molar-refractivity contribution is 14.1. The van der Waals surface area contributed by atoms with Gasteiger partial charge in [0, 0.05) is 14.6 Å². The smallest absolute Gasteiger partial charge is 0.357 e. The topological polar surface area (TPSA) is 51.2 Å². The van der Waals surface area contributed by atoms with Gasteiger partial charge in [-0.3, -0.25) is 0 Å². The molecule has 1 heterocycles. The monoisotopic (exact) mass is 360 g/mol. The summed E-state index contributed by atoms with van der Waals surface area (Å²) in [5.74, 6) is -0.419. The molecule has 2 rings (SSSR count). The van der Waals surface area contributed by atoms with E-state index >= 15 is 0 Å². The fourth-order valence-corrected chi connectivity index (χ4v) is 2.46. The molecule has 1 aromatic carbocycles. The lowest BCUT2D eigenvalue weighted by Crippen LogP contribution is -2.01.